The molecule has 0 spiro atoms. The van der Waals surface area contributed by atoms with Gasteiger partial charge in [-0.3, -0.25) is 37.3 Å². The van der Waals surface area contributed by atoms with Crippen LogP contribution < -0.4 is 0 Å². The summed E-state index contributed by atoms with van der Waals surface area (Å²) in [4.78, 5) is 72.6. The third-order valence-electron chi connectivity index (χ3n) is 17.1. The summed E-state index contributed by atoms with van der Waals surface area (Å²) in [6.07, 6.45) is 45.6. The van der Waals surface area contributed by atoms with Crippen LogP contribution in [0.2, 0.25) is 0 Å². The summed E-state index contributed by atoms with van der Waals surface area (Å²) in [5, 5.41) is 10.6. The van der Waals surface area contributed by atoms with Crippen molar-refractivity contribution in [3.63, 3.8) is 0 Å². The van der Waals surface area contributed by atoms with Crippen LogP contribution in [0.25, 0.3) is 0 Å². The van der Waals surface area contributed by atoms with Gasteiger partial charge < -0.3 is 33.8 Å². The molecule has 0 aliphatic rings. The molecule has 0 aromatic heterocycles. The number of hydrogen-bond acceptors (Lipinski definition) is 15. The first-order chi connectivity index (χ1) is 43.3. The van der Waals surface area contributed by atoms with Crippen LogP contribution in [0.4, 0.5) is 0 Å². The fraction of sp³-hybridized carbons (Fsp3) is 0.944. The molecule has 0 heterocycles. The average Bonchev–Trinajstić information content (AvgIpc) is 3.72. The van der Waals surface area contributed by atoms with Gasteiger partial charge in [0.05, 0.1) is 26.4 Å². The zero-order valence-corrected chi connectivity index (χ0v) is 60.4. The minimum Gasteiger partial charge on any atom is -0.462 e. The van der Waals surface area contributed by atoms with Crippen molar-refractivity contribution < 1.29 is 80.2 Å². The van der Waals surface area contributed by atoms with E-state index in [0.29, 0.717) is 25.7 Å². The van der Waals surface area contributed by atoms with E-state index in [1.54, 1.807) is 0 Å². The highest BCUT2D eigenvalue weighted by Crippen LogP contribution is 2.45. The van der Waals surface area contributed by atoms with E-state index in [9.17, 15) is 43.2 Å². The van der Waals surface area contributed by atoms with Gasteiger partial charge in [0.25, 0.3) is 0 Å². The van der Waals surface area contributed by atoms with Crippen molar-refractivity contribution >= 4 is 39.5 Å². The summed E-state index contributed by atoms with van der Waals surface area (Å²) >= 11 is 0. The van der Waals surface area contributed by atoms with Gasteiger partial charge in [0.1, 0.15) is 19.3 Å². The lowest BCUT2D eigenvalue weighted by atomic mass is 9.99. The zero-order chi connectivity index (χ0) is 66.6. The Bertz CT molecular complexity index is 1770. The van der Waals surface area contributed by atoms with E-state index in [1.807, 2.05) is 0 Å². The number of phosphoric ester groups is 2. The van der Waals surface area contributed by atoms with Crippen molar-refractivity contribution in [3.8, 4) is 0 Å². The second kappa shape index (κ2) is 61.9. The Hall–Kier alpha value is -1.94. The highest BCUT2D eigenvalue weighted by Gasteiger charge is 2.30. The molecule has 0 amide bonds. The average molecular weight is 1330 g/mol. The molecule has 0 saturated heterocycles. The van der Waals surface area contributed by atoms with Crippen LogP contribution in [0.5, 0.6) is 0 Å². The van der Waals surface area contributed by atoms with E-state index in [1.165, 1.54) is 167 Å². The molecule has 90 heavy (non-hydrogen) atoms. The maximum atomic E-state index is 13.0. The SMILES string of the molecule is CCCCCCCCCCCCCCCC(=O)OC[C@H](COP(=O)(O)OC[C@@H](O)COP(=O)(O)OC[C@@H](COC(=O)CCCCCCCCCCC(C)CC)OC(=O)CCCCCCCCCCC(C)CC)OC(=O)CCCCCCCCCCCCC(C)C. The number of aliphatic hydroxyl groups excluding tert-OH is 1. The molecule has 0 aromatic carbocycles. The first-order valence-corrected chi connectivity index (χ1v) is 39.9. The Morgan fingerprint density at radius 3 is 0.844 bits per heavy atom. The molecule has 3 N–H and O–H groups in total. The van der Waals surface area contributed by atoms with Crippen LogP contribution in [0.1, 0.15) is 357 Å². The maximum Gasteiger partial charge on any atom is 0.472 e. The maximum absolute atomic E-state index is 13.0. The molecule has 4 unspecified atom stereocenters. The molecule has 0 aliphatic carbocycles. The first kappa shape index (κ1) is 88.1. The van der Waals surface area contributed by atoms with Crippen LogP contribution in [0.15, 0.2) is 0 Å². The molecule has 0 saturated carbocycles. The molecule has 534 valence electrons. The molecule has 19 heteroatoms. The largest absolute Gasteiger partial charge is 0.472 e. The van der Waals surface area contributed by atoms with Crippen LogP contribution >= 0.6 is 15.6 Å². The van der Waals surface area contributed by atoms with Crippen molar-refractivity contribution in [2.45, 2.75) is 375 Å². The third kappa shape index (κ3) is 62.2. The lowest BCUT2D eigenvalue weighted by Crippen LogP contribution is -2.30. The predicted molar refractivity (Wildman–Crippen MR) is 363 cm³/mol. The van der Waals surface area contributed by atoms with E-state index in [-0.39, 0.29) is 25.7 Å². The quantitative estimate of drug-likeness (QED) is 0.0222. The molecule has 0 fully saturated rings. The van der Waals surface area contributed by atoms with Gasteiger partial charge in [0.15, 0.2) is 12.2 Å². The number of esters is 4. The van der Waals surface area contributed by atoms with E-state index in [4.69, 9.17) is 37.0 Å². The fourth-order valence-electron chi connectivity index (χ4n) is 10.7. The number of phosphoric acid groups is 2. The second-order valence-corrected chi connectivity index (χ2v) is 29.5. The number of rotatable bonds is 69. The molecule has 0 aliphatic heterocycles. The van der Waals surface area contributed by atoms with Crippen molar-refractivity contribution in [2.75, 3.05) is 39.6 Å². The lowest BCUT2D eigenvalue weighted by Gasteiger charge is -2.21. The lowest BCUT2D eigenvalue weighted by molar-refractivity contribution is -0.161. The van der Waals surface area contributed by atoms with E-state index >= 15 is 0 Å². The Labute approximate surface area is 549 Å². The minimum absolute atomic E-state index is 0.104. The van der Waals surface area contributed by atoms with Gasteiger partial charge in [-0.15, -0.1) is 0 Å². The first-order valence-electron chi connectivity index (χ1n) is 36.9. The summed E-state index contributed by atoms with van der Waals surface area (Å²) < 4.78 is 68.4. The molecular formula is C71H138O17P2. The van der Waals surface area contributed by atoms with Gasteiger partial charge in [-0.05, 0) is 43.4 Å². The molecule has 0 rings (SSSR count). The number of carbonyl (C=O) groups is 4. The number of ether oxygens (including phenoxy) is 4. The highest BCUT2D eigenvalue weighted by atomic mass is 31.2. The van der Waals surface area contributed by atoms with Gasteiger partial charge >= 0.3 is 39.5 Å². The summed E-state index contributed by atoms with van der Waals surface area (Å²) in [6, 6.07) is 0. The number of hydrogen-bond donors (Lipinski definition) is 3. The second-order valence-electron chi connectivity index (χ2n) is 26.6. The van der Waals surface area contributed by atoms with Crippen molar-refractivity contribution in [1.29, 1.82) is 0 Å². The zero-order valence-electron chi connectivity index (χ0n) is 58.6. The van der Waals surface area contributed by atoms with Crippen LogP contribution in [-0.2, 0) is 65.4 Å². The van der Waals surface area contributed by atoms with Gasteiger partial charge in [-0.2, -0.15) is 0 Å². The highest BCUT2D eigenvalue weighted by molar-refractivity contribution is 7.47. The molecule has 17 nitrogen and oxygen atoms in total. The predicted octanol–water partition coefficient (Wildman–Crippen LogP) is 20.2. The standard InChI is InChI=1S/C71H138O17P2/c1-8-11-12-13-14-15-16-17-18-22-31-38-45-52-68(73)81-58-66(87-70(75)54-47-40-33-23-20-19-21-28-35-42-49-62(4)5)60-85-89(77,78)83-56-65(72)57-84-90(79,80)86-61-67(88-71(76)55-48-41-34-27-25-30-37-44-51-64(7)10-3)59-82-69(74)53-46-39-32-26-24-29-36-43-50-63(6)9-2/h62-67,72H,8-61H2,1-7H3,(H,77,78)(H,79,80)/t63?,64?,65-,66-,67-/m1/s1. The molecule has 0 bridgehead atoms. The van der Waals surface area contributed by atoms with E-state index in [0.717, 1.165) is 108 Å². The normalized spacial score (nSPS) is 14.8. The Kier molecular flexibility index (Phi) is 60.6. The molecular weight excluding hydrogens is 1190 g/mol. The minimum atomic E-state index is -4.95. The Balaban J connectivity index is 5.28. The van der Waals surface area contributed by atoms with Gasteiger partial charge in [-0.25, -0.2) is 9.13 Å². The van der Waals surface area contributed by atoms with Crippen LogP contribution in [0.3, 0.4) is 0 Å². The van der Waals surface area contributed by atoms with Gasteiger partial charge in [-0.1, -0.05) is 305 Å². The summed E-state index contributed by atoms with van der Waals surface area (Å²) in [5.74, 6) is 0.174. The van der Waals surface area contributed by atoms with E-state index < -0.39 is 97.5 Å². The van der Waals surface area contributed by atoms with Crippen molar-refractivity contribution in [2.24, 2.45) is 17.8 Å². The third-order valence-corrected chi connectivity index (χ3v) is 19.0. The van der Waals surface area contributed by atoms with Crippen molar-refractivity contribution in [3.05, 3.63) is 0 Å². The topological polar surface area (TPSA) is 237 Å². The fourth-order valence-corrected chi connectivity index (χ4v) is 12.2. The Morgan fingerprint density at radius 1 is 0.322 bits per heavy atom. The number of unbranched alkanes of at least 4 members (excludes halogenated alkanes) is 35. The summed E-state index contributed by atoms with van der Waals surface area (Å²) in [7, 11) is -9.90. The van der Waals surface area contributed by atoms with Crippen molar-refractivity contribution in [1.82, 2.24) is 0 Å². The molecule has 7 atom stereocenters. The Morgan fingerprint density at radius 2 is 0.567 bits per heavy atom. The van der Waals surface area contributed by atoms with Crippen LogP contribution in [0, 0.1) is 17.8 Å². The smallest absolute Gasteiger partial charge is 0.462 e. The molecule has 0 aromatic rings. The number of carbonyl (C=O) groups excluding carboxylic acids is 4. The van der Waals surface area contributed by atoms with E-state index in [2.05, 4.69) is 48.5 Å². The molecule has 0 radical (unpaired) electrons. The number of aliphatic hydroxyl groups is 1. The van der Waals surface area contributed by atoms with Gasteiger partial charge in [0, 0.05) is 25.7 Å². The van der Waals surface area contributed by atoms with Gasteiger partial charge in [0.2, 0.25) is 0 Å². The monoisotopic (exact) mass is 1320 g/mol. The summed E-state index contributed by atoms with van der Waals surface area (Å²) in [6.45, 7) is 11.8. The summed E-state index contributed by atoms with van der Waals surface area (Å²) in [5.41, 5.74) is 0. The van der Waals surface area contributed by atoms with Crippen LogP contribution in [-0.4, -0.2) is 96.7 Å².